The molecule has 0 bridgehead atoms. The maximum absolute atomic E-state index is 12.2. The first-order valence-corrected chi connectivity index (χ1v) is 8.82. The molecule has 0 aliphatic rings. The molecular formula is C18H25N3OS. The van der Waals surface area contributed by atoms with Crippen molar-refractivity contribution in [2.75, 3.05) is 7.05 Å². The van der Waals surface area contributed by atoms with Gasteiger partial charge in [0.2, 0.25) is 0 Å². The molecule has 0 saturated heterocycles. The molecule has 0 spiro atoms. The van der Waals surface area contributed by atoms with E-state index in [1.807, 2.05) is 19.1 Å². The molecule has 23 heavy (non-hydrogen) atoms. The van der Waals surface area contributed by atoms with Crippen LogP contribution in [0.3, 0.4) is 0 Å². The Kier molecular flexibility index (Phi) is 6.30. The maximum atomic E-state index is 12.2. The van der Waals surface area contributed by atoms with Crippen molar-refractivity contribution in [3.05, 3.63) is 51.5 Å². The highest BCUT2D eigenvalue weighted by atomic mass is 32.1. The van der Waals surface area contributed by atoms with E-state index < -0.39 is 0 Å². The summed E-state index contributed by atoms with van der Waals surface area (Å²) in [6, 6.07) is 8.76. The lowest BCUT2D eigenvalue weighted by Crippen LogP contribution is -2.27. The summed E-state index contributed by atoms with van der Waals surface area (Å²) in [4.78, 5) is 19.4. The first kappa shape index (κ1) is 17.6. The Balaban J connectivity index is 2.01. The average Bonchev–Trinajstić information content (AvgIpc) is 3.02. The molecule has 5 heteroatoms. The van der Waals surface area contributed by atoms with Crippen LogP contribution in [-0.2, 0) is 19.5 Å². The van der Waals surface area contributed by atoms with E-state index in [1.165, 1.54) is 16.9 Å². The summed E-state index contributed by atoms with van der Waals surface area (Å²) in [5.41, 5.74) is 2.41. The Bertz CT molecular complexity index is 651. The van der Waals surface area contributed by atoms with Crippen molar-refractivity contribution in [1.82, 2.24) is 15.2 Å². The quantitative estimate of drug-likeness (QED) is 0.845. The maximum Gasteiger partial charge on any atom is 0.263 e. The number of nitrogens with zero attached hydrogens (tertiary/aromatic N) is 2. The summed E-state index contributed by atoms with van der Waals surface area (Å²) < 4.78 is 0. The molecule has 2 aromatic rings. The number of benzene rings is 1. The molecule has 2 rings (SSSR count). The second-order valence-corrected chi connectivity index (χ2v) is 7.05. The van der Waals surface area contributed by atoms with Crippen LogP contribution in [0.2, 0.25) is 0 Å². The number of thiazole rings is 1. The SMILES string of the molecule is CCc1ncc(C(=O)NCc2ccccc2CN(C)C(C)C)s1. The zero-order valence-electron chi connectivity index (χ0n) is 14.3. The van der Waals surface area contributed by atoms with Crippen molar-refractivity contribution in [2.24, 2.45) is 0 Å². The smallest absolute Gasteiger partial charge is 0.263 e. The van der Waals surface area contributed by atoms with Crippen molar-refractivity contribution < 1.29 is 4.79 Å². The highest BCUT2D eigenvalue weighted by Crippen LogP contribution is 2.15. The van der Waals surface area contributed by atoms with Crippen LogP contribution in [0.25, 0.3) is 0 Å². The van der Waals surface area contributed by atoms with Crippen molar-refractivity contribution in [1.29, 1.82) is 0 Å². The number of hydrogen-bond acceptors (Lipinski definition) is 4. The average molecular weight is 331 g/mol. The normalized spacial score (nSPS) is 11.2. The molecule has 0 radical (unpaired) electrons. The van der Waals surface area contributed by atoms with Crippen LogP contribution in [0.15, 0.2) is 30.5 Å². The standard InChI is InChI=1S/C18H25N3OS/c1-5-17-19-11-16(23-17)18(22)20-10-14-8-6-7-9-15(14)12-21(4)13(2)3/h6-9,11,13H,5,10,12H2,1-4H3,(H,20,22). The van der Waals surface area contributed by atoms with Crippen LogP contribution in [-0.4, -0.2) is 28.9 Å². The van der Waals surface area contributed by atoms with Gasteiger partial charge in [-0.2, -0.15) is 0 Å². The monoisotopic (exact) mass is 331 g/mol. The Labute approximate surface area is 142 Å². The van der Waals surface area contributed by atoms with Gasteiger partial charge in [-0.3, -0.25) is 9.69 Å². The third kappa shape index (κ3) is 4.88. The van der Waals surface area contributed by atoms with Crippen molar-refractivity contribution in [3.63, 3.8) is 0 Å². The predicted molar refractivity (Wildman–Crippen MR) is 95.7 cm³/mol. The van der Waals surface area contributed by atoms with Crippen LogP contribution in [0.5, 0.6) is 0 Å². The fourth-order valence-corrected chi connectivity index (χ4v) is 2.95. The number of nitrogens with one attached hydrogen (secondary N) is 1. The molecule has 0 unspecified atom stereocenters. The molecule has 1 aromatic heterocycles. The molecule has 0 aliphatic heterocycles. The zero-order valence-corrected chi connectivity index (χ0v) is 15.1. The molecule has 0 aliphatic carbocycles. The lowest BCUT2D eigenvalue weighted by atomic mass is 10.1. The Morgan fingerprint density at radius 1 is 1.30 bits per heavy atom. The third-order valence-electron chi connectivity index (χ3n) is 3.94. The fourth-order valence-electron chi connectivity index (χ4n) is 2.18. The number of hydrogen-bond donors (Lipinski definition) is 1. The van der Waals surface area contributed by atoms with E-state index in [9.17, 15) is 4.79 Å². The Morgan fingerprint density at radius 2 is 2.00 bits per heavy atom. The van der Waals surface area contributed by atoms with Crippen LogP contribution in [0.1, 0.15) is 46.6 Å². The lowest BCUT2D eigenvalue weighted by molar-refractivity contribution is 0.0954. The molecule has 4 nitrogen and oxygen atoms in total. The molecule has 124 valence electrons. The van der Waals surface area contributed by atoms with E-state index >= 15 is 0 Å². The second kappa shape index (κ2) is 8.22. The van der Waals surface area contributed by atoms with Gasteiger partial charge < -0.3 is 5.32 Å². The summed E-state index contributed by atoms with van der Waals surface area (Å²) in [5, 5.41) is 4.00. The molecule has 0 fully saturated rings. The van der Waals surface area contributed by atoms with Crippen LogP contribution in [0, 0.1) is 0 Å². The van der Waals surface area contributed by atoms with E-state index in [1.54, 1.807) is 6.20 Å². The molecule has 1 aromatic carbocycles. The summed E-state index contributed by atoms with van der Waals surface area (Å²) in [5.74, 6) is -0.0470. The molecule has 0 saturated carbocycles. The van der Waals surface area contributed by atoms with Gasteiger partial charge in [0.05, 0.1) is 11.2 Å². The number of aromatic nitrogens is 1. The van der Waals surface area contributed by atoms with Crippen molar-refractivity contribution >= 4 is 17.2 Å². The minimum Gasteiger partial charge on any atom is -0.347 e. The van der Waals surface area contributed by atoms with Crippen molar-refractivity contribution in [2.45, 2.75) is 46.3 Å². The second-order valence-electron chi connectivity index (χ2n) is 5.93. The number of rotatable bonds is 7. The number of aryl methyl sites for hydroxylation is 1. The summed E-state index contributed by atoms with van der Waals surface area (Å²) in [7, 11) is 2.11. The Morgan fingerprint density at radius 3 is 2.61 bits per heavy atom. The Hall–Kier alpha value is -1.72. The fraction of sp³-hybridized carbons (Fsp3) is 0.444. The van der Waals surface area contributed by atoms with Gasteiger partial charge in [-0.15, -0.1) is 11.3 Å². The molecule has 1 amide bonds. The number of carbonyl (C=O) groups is 1. The van der Waals surface area contributed by atoms with E-state index in [-0.39, 0.29) is 5.91 Å². The summed E-state index contributed by atoms with van der Waals surface area (Å²) in [6.45, 7) is 7.82. The van der Waals surface area contributed by atoms with Crippen LogP contribution < -0.4 is 5.32 Å². The highest BCUT2D eigenvalue weighted by Gasteiger charge is 2.12. The minimum atomic E-state index is -0.0470. The number of carbonyl (C=O) groups excluding carboxylic acids is 1. The van der Waals surface area contributed by atoms with Gasteiger partial charge in [0, 0.05) is 19.1 Å². The first-order valence-electron chi connectivity index (χ1n) is 8.01. The lowest BCUT2D eigenvalue weighted by Gasteiger charge is -2.22. The van der Waals surface area contributed by atoms with Gasteiger partial charge in [0.15, 0.2) is 0 Å². The van der Waals surface area contributed by atoms with Gasteiger partial charge in [0.25, 0.3) is 5.91 Å². The van der Waals surface area contributed by atoms with Crippen LogP contribution >= 0.6 is 11.3 Å². The summed E-state index contributed by atoms with van der Waals surface area (Å²) >= 11 is 1.46. The van der Waals surface area contributed by atoms with E-state index in [0.717, 1.165) is 23.5 Å². The number of amides is 1. The third-order valence-corrected chi connectivity index (χ3v) is 5.08. The van der Waals surface area contributed by atoms with Gasteiger partial charge in [-0.05, 0) is 38.4 Å². The molecular weight excluding hydrogens is 306 g/mol. The highest BCUT2D eigenvalue weighted by molar-refractivity contribution is 7.13. The van der Waals surface area contributed by atoms with Gasteiger partial charge in [-0.25, -0.2) is 4.98 Å². The van der Waals surface area contributed by atoms with Crippen LogP contribution in [0.4, 0.5) is 0 Å². The molecule has 1 heterocycles. The topological polar surface area (TPSA) is 45.2 Å². The van der Waals surface area contributed by atoms with E-state index in [0.29, 0.717) is 17.5 Å². The van der Waals surface area contributed by atoms with Crippen molar-refractivity contribution in [3.8, 4) is 0 Å². The van der Waals surface area contributed by atoms with Gasteiger partial charge in [-0.1, -0.05) is 31.2 Å². The van der Waals surface area contributed by atoms with E-state index in [2.05, 4.69) is 48.2 Å². The first-order chi connectivity index (χ1) is 11.0. The molecule has 0 atom stereocenters. The zero-order chi connectivity index (χ0) is 16.8. The minimum absolute atomic E-state index is 0.0470. The predicted octanol–water partition coefficient (Wildman–Crippen LogP) is 3.48. The van der Waals surface area contributed by atoms with Gasteiger partial charge in [0.1, 0.15) is 4.88 Å². The molecule has 1 N–H and O–H groups in total. The van der Waals surface area contributed by atoms with E-state index in [4.69, 9.17) is 0 Å². The largest absolute Gasteiger partial charge is 0.347 e. The van der Waals surface area contributed by atoms with Gasteiger partial charge >= 0.3 is 0 Å². The summed E-state index contributed by atoms with van der Waals surface area (Å²) in [6.07, 6.45) is 2.53.